The molecule has 0 spiro atoms. The monoisotopic (exact) mass is 820 g/mol. The highest BCUT2D eigenvalue weighted by Crippen LogP contribution is 2.31. The van der Waals surface area contributed by atoms with E-state index in [1.165, 1.54) is 16.7 Å². The highest BCUT2D eigenvalue weighted by atomic mass is 79.9. The van der Waals surface area contributed by atoms with Gasteiger partial charge in [0, 0.05) is 4.47 Å². The van der Waals surface area contributed by atoms with Gasteiger partial charge in [-0.25, -0.2) is 0 Å². The van der Waals surface area contributed by atoms with Crippen LogP contribution in [-0.4, -0.2) is 15.8 Å². The molecular formula is C51H73BrSi2. The van der Waals surface area contributed by atoms with Gasteiger partial charge in [-0.15, -0.1) is 0 Å². The molecule has 0 N–H and O–H groups in total. The second kappa shape index (κ2) is 18.4. The van der Waals surface area contributed by atoms with Gasteiger partial charge in [-0.1, -0.05) is 189 Å². The van der Waals surface area contributed by atoms with Gasteiger partial charge in [0.15, 0.2) is 0 Å². The van der Waals surface area contributed by atoms with Crippen molar-refractivity contribution in [2.24, 2.45) is 0 Å². The number of benzene rings is 4. The summed E-state index contributed by atoms with van der Waals surface area (Å²) >= 11 is 3.86. The molecule has 292 valence electrons. The average Bonchev–Trinajstić information content (AvgIpc) is 3.09. The molecule has 0 nitrogen and oxygen atoms in total. The minimum atomic E-state index is -1.49. The minimum absolute atomic E-state index is 0.418. The van der Waals surface area contributed by atoms with Crippen molar-refractivity contribution in [2.45, 2.75) is 178 Å². The molecular weight excluding hydrogens is 749 g/mol. The van der Waals surface area contributed by atoms with Gasteiger partial charge < -0.3 is 0 Å². The van der Waals surface area contributed by atoms with Gasteiger partial charge in [0.05, 0.1) is 15.8 Å². The van der Waals surface area contributed by atoms with Gasteiger partial charge in [0.1, 0.15) is 0 Å². The SMILES string of the molecule is CC(C)c1cc(C(C)C)c([Si](c2ccc(Br)cc2)=[Si](c2c(C(C)C)cc(C(C)C)cc2C(C)C)c2c(C(C)C)cc(C(C)C)cc2C(C)C)c(C(C)C)c1. The zero-order valence-electron chi connectivity index (χ0n) is 37.3. The molecule has 4 rings (SSSR count). The topological polar surface area (TPSA) is 0 Å². The van der Waals surface area contributed by atoms with Crippen molar-refractivity contribution >= 4 is 52.5 Å². The second-order valence-corrected chi connectivity index (χ2v) is 26.4. The zero-order valence-corrected chi connectivity index (χ0v) is 40.9. The molecule has 3 heteroatoms. The molecule has 0 aliphatic carbocycles. The van der Waals surface area contributed by atoms with Crippen LogP contribution in [-0.2, 0) is 0 Å². The molecule has 0 amide bonds. The number of rotatable bonds is 13. The molecule has 0 aromatic heterocycles. The fourth-order valence-electron chi connectivity index (χ4n) is 8.14. The summed E-state index contributed by atoms with van der Waals surface area (Å²) in [5.41, 5.74) is 14.0. The Labute approximate surface area is 343 Å². The molecule has 54 heavy (non-hydrogen) atoms. The zero-order chi connectivity index (χ0) is 40.5. The van der Waals surface area contributed by atoms with E-state index in [1.807, 2.05) is 0 Å². The van der Waals surface area contributed by atoms with Crippen LogP contribution >= 0.6 is 15.9 Å². The Bertz CT molecular complexity index is 1780. The first-order chi connectivity index (χ1) is 25.2. The van der Waals surface area contributed by atoms with Gasteiger partial charge in [0.2, 0.25) is 0 Å². The normalized spacial score (nSPS) is 12.4. The van der Waals surface area contributed by atoms with Crippen molar-refractivity contribution < 1.29 is 0 Å². The lowest BCUT2D eigenvalue weighted by Crippen LogP contribution is -2.57. The van der Waals surface area contributed by atoms with Crippen LogP contribution in [0.25, 0.3) is 0 Å². The van der Waals surface area contributed by atoms with E-state index in [2.05, 4.69) is 201 Å². The Morgan fingerprint density at radius 1 is 0.315 bits per heavy atom. The molecule has 0 aliphatic rings. The van der Waals surface area contributed by atoms with Gasteiger partial charge in [-0.3, -0.25) is 0 Å². The molecule has 4 aromatic carbocycles. The lowest BCUT2D eigenvalue weighted by molar-refractivity contribution is 0.810. The van der Waals surface area contributed by atoms with Crippen molar-refractivity contribution in [3.05, 3.63) is 115 Å². The molecule has 0 saturated carbocycles. The predicted octanol–water partition coefficient (Wildman–Crippen LogP) is 13.6. The summed E-state index contributed by atoms with van der Waals surface area (Å²) in [5, 5.41) is 6.67. The summed E-state index contributed by atoms with van der Waals surface area (Å²) in [7, 11) is -2.95. The van der Waals surface area contributed by atoms with E-state index in [-0.39, 0.29) is 0 Å². The van der Waals surface area contributed by atoms with E-state index in [1.54, 1.807) is 54.1 Å². The fourth-order valence-corrected chi connectivity index (χ4v) is 20.6. The van der Waals surface area contributed by atoms with Crippen LogP contribution < -0.4 is 20.7 Å². The molecule has 0 bridgehead atoms. The molecule has 0 atom stereocenters. The molecule has 0 radical (unpaired) electrons. The van der Waals surface area contributed by atoms with E-state index >= 15 is 0 Å². The maximum atomic E-state index is 3.86. The highest BCUT2D eigenvalue weighted by Gasteiger charge is 2.33. The summed E-state index contributed by atoms with van der Waals surface area (Å²) in [5.74, 6) is 3.95. The largest absolute Gasteiger partial charge is 0.0701 e. The van der Waals surface area contributed by atoms with Crippen LogP contribution in [0.3, 0.4) is 0 Å². The van der Waals surface area contributed by atoms with Crippen LogP contribution in [0.15, 0.2) is 65.1 Å². The quantitative estimate of drug-likeness (QED) is 0.118. The number of halogens is 1. The van der Waals surface area contributed by atoms with E-state index in [9.17, 15) is 0 Å². The number of hydrogen-bond donors (Lipinski definition) is 0. The van der Waals surface area contributed by atoms with Gasteiger partial charge >= 0.3 is 0 Å². The first-order valence-corrected chi connectivity index (χ1v) is 26.0. The lowest BCUT2D eigenvalue weighted by Gasteiger charge is -2.33. The Morgan fingerprint density at radius 2 is 0.537 bits per heavy atom. The van der Waals surface area contributed by atoms with E-state index in [4.69, 9.17) is 0 Å². The van der Waals surface area contributed by atoms with Crippen LogP contribution in [0.4, 0.5) is 0 Å². The van der Waals surface area contributed by atoms with Crippen LogP contribution in [0.1, 0.15) is 228 Å². The third-order valence-corrected chi connectivity index (χ3v) is 21.3. The van der Waals surface area contributed by atoms with Crippen molar-refractivity contribution in [3.63, 3.8) is 0 Å². The summed E-state index contributed by atoms with van der Waals surface area (Å²) in [6.07, 6.45) is 0. The van der Waals surface area contributed by atoms with Gasteiger partial charge in [0.25, 0.3) is 0 Å². The Hall–Kier alpha value is -2.21. The van der Waals surface area contributed by atoms with Crippen molar-refractivity contribution in [3.8, 4) is 0 Å². The fraction of sp³-hybridized carbons (Fsp3) is 0.529. The van der Waals surface area contributed by atoms with E-state index in [0.29, 0.717) is 53.3 Å². The van der Waals surface area contributed by atoms with Crippen LogP contribution in [0.2, 0.25) is 0 Å². The van der Waals surface area contributed by atoms with E-state index in [0.717, 1.165) is 4.47 Å². The van der Waals surface area contributed by atoms with Crippen molar-refractivity contribution in [2.75, 3.05) is 0 Å². The summed E-state index contributed by atoms with van der Waals surface area (Å²) in [6.45, 7) is 43.8. The first kappa shape index (κ1) is 44.5. The summed E-state index contributed by atoms with van der Waals surface area (Å²) in [4.78, 5) is 0. The Kier molecular flexibility index (Phi) is 15.1. The van der Waals surface area contributed by atoms with Crippen LogP contribution in [0, 0.1) is 0 Å². The third kappa shape index (κ3) is 9.49. The van der Waals surface area contributed by atoms with Gasteiger partial charge in [-0.2, -0.15) is 0 Å². The molecule has 0 aliphatic heterocycles. The number of hydrogen-bond acceptors (Lipinski definition) is 0. The second-order valence-electron chi connectivity index (χ2n) is 18.9. The molecule has 0 saturated heterocycles. The lowest BCUT2D eigenvalue weighted by atomic mass is 9.89. The summed E-state index contributed by atoms with van der Waals surface area (Å²) in [6, 6.07) is 25.5. The standard InChI is InChI=1S/C51H73BrSi2/c1-29(2)38-23-43(32(7)8)49(44(24-38)33(9)10)53(42-21-19-41(52)20-22-42)54(50-45(34(11)12)25-39(30(3)4)26-46(50)35(13)14)51-47(36(15)16)27-40(31(5)6)28-48(51)37(17)18/h19-37H,1-18H3. The molecule has 0 fully saturated rings. The van der Waals surface area contributed by atoms with Crippen molar-refractivity contribution in [1.29, 1.82) is 0 Å². The minimum Gasteiger partial charge on any atom is -0.0587 e. The molecule has 0 heterocycles. The summed E-state index contributed by atoms with van der Waals surface area (Å²) < 4.78 is 1.16. The van der Waals surface area contributed by atoms with Gasteiger partial charge in [-0.05, 0) is 136 Å². The first-order valence-electron chi connectivity index (χ1n) is 21.2. The van der Waals surface area contributed by atoms with Crippen LogP contribution in [0.5, 0.6) is 0 Å². The predicted molar refractivity (Wildman–Crippen MR) is 250 cm³/mol. The molecule has 4 aromatic rings. The average molecular weight is 822 g/mol. The third-order valence-electron chi connectivity index (χ3n) is 11.5. The smallest absolute Gasteiger partial charge is 0.0587 e. The Morgan fingerprint density at radius 3 is 0.741 bits per heavy atom. The Balaban J connectivity index is 2.61. The maximum absolute atomic E-state index is 3.86. The van der Waals surface area contributed by atoms with Crippen molar-refractivity contribution in [1.82, 2.24) is 0 Å². The highest BCUT2D eigenvalue weighted by molar-refractivity contribution is 9.10. The van der Waals surface area contributed by atoms with E-state index < -0.39 is 15.8 Å². The maximum Gasteiger partial charge on any atom is 0.0701 e. The molecule has 0 unspecified atom stereocenters.